The zero-order valence-electron chi connectivity index (χ0n) is 7.71. The molecule has 2 rings (SSSR count). The number of hydrogen-bond donors (Lipinski definition) is 1. The Hall–Kier alpha value is -1.49. The first-order valence-corrected chi connectivity index (χ1v) is 5.11. The molecule has 0 fully saturated rings. The molecule has 5 heteroatoms. The van der Waals surface area contributed by atoms with Crippen molar-refractivity contribution in [1.29, 1.82) is 0 Å². The summed E-state index contributed by atoms with van der Waals surface area (Å²) in [6.07, 6.45) is 1.99. The van der Waals surface area contributed by atoms with Gasteiger partial charge in [-0.1, -0.05) is 6.07 Å². The van der Waals surface area contributed by atoms with E-state index in [2.05, 4.69) is 4.98 Å². The Morgan fingerprint density at radius 2 is 2.13 bits per heavy atom. The third kappa shape index (κ3) is 2.30. The fourth-order valence-electron chi connectivity index (χ4n) is 1.26. The third-order valence-corrected chi connectivity index (χ3v) is 2.78. The maximum absolute atomic E-state index is 13.3. The van der Waals surface area contributed by atoms with E-state index >= 15 is 0 Å². The molecule has 0 unspecified atom stereocenters. The number of benzene rings is 1. The Morgan fingerprint density at radius 1 is 1.33 bits per heavy atom. The Balaban J connectivity index is 2.24. The van der Waals surface area contributed by atoms with E-state index in [-0.39, 0.29) is 0 Å². The lowest BCUT2D eigenvalue weighted by Crippen LogP contribution is -1.91. The molecule has 1 heterocycles. The average molecular weight is 226 g/mol. The minimum Gasteiger partial charge on any atom is -0.375 e. The highest BCUT2D eigenvalue weighted by Gasteiger charge is 2.06. The van der Waals surface area contributed by atoms with Gasteiger partial charge in [0, 0.05) is 23.6 Å². The first-order valence-electron chi connectivity index (χ1n) is 4.29. The molecule has 0 bridgehead atoms. The van der Waals surface area contributed by atoms with Crippen LogP contribution in [0.1, 0.15) is 10.4 Å². The second-order valence-electron chi connectivity index (χ2n) is 3.08. The van der Waals surface area contributed by atoms with E-state index in [0.29, 0.717) is 17.1 Å². The molecule has 78 valence electrons. The lowest BCUT2D eigenvalue weighted by atomic mass is 10.1. The largest absolute Gasteiger partial charge is 0.375 e. The normalized spacial score (nSPS) is 10.5. The van der Waals surface area contributed by atoms with Gasteiger partial charge in [-0.15, -0.1) is 11.3 Å². The summed E-state index contributed by atoms with van der Waals surface area (Å²) in [6, 6.07) is 3.54. The molecule has 15 heavy (non-hydrogen) atoms. The Bertz CT molecular complexity index is 482. The van der Waals surface area contributed by atoms with E-state index in [9.17, 15) is 8.78 Å². The zero-order chi connectivity index (χ0) is 10.8. The molecule has 2 nitrogen and oxygen atoms in total. The molecule has 1 aromatic carbocycles. The molecule has 0 radical (unpaired) electrons. The van der Waals surface area contributed by atoms with Gasteiger partial charge in [-0.3, -0.25) is 0 Å². The molecule has 0 aliphatic rings. The van der Waals surface area contributed by atoms with Crippen LogP contribution < -0.4 is 5.73 Å². The molecule has 0 saturated carbocycles. The van der Waals surface area contributed by atoms with Crippen LogP contribution in [-0.2, 0) is 6.42 Å². The number of nitrogen functional groups attached to an aromatic ring is 1. The van der Waals surface area contributed by atoms with Crippen LogP contribution >= 0.6 is 11.3 Å². The van der Waals surface area contributed by atoms with E-state index in [1.165, 1.54) is 23.5 Å². The van der Waals surface area contributed by atoms with E-state index in [4.69, 9.17) is 5.73 Å². The SMILES string of the molecule is Nc1ncc(Cc2ccc(F)cc2F)s1. The molecular formula is C10H8F2N2S. The number of rotatable bonds is 2. The van der Waals surface area contributed by atoms with Crippen molar-refractivity contribution < 1.29 is 8.78 Å². The summed E-state index contributed by atoms with van der Waals surface area (Å²) in [6.45, 7) is 0. The molecule has 0 saturated heterocycles. The first-order chi connectivity index (χ1) is 7.15. The Morgan fingerprint density at radius 3 is 2.73 bits per heavy atom. The zero-order valence-corrected chi connectivity index (χ0v) is 8.52. The van der Waals surface area contributed by atoms with Gasteiger partial charge in [-0.25, -0.2) is 13.8 Å². The van der Waals surface area contributed by atoms with Crippen molar-refractivity contribution in [2.45, 2.75) is 6.42 Å². The number of anilines is 1. The summed E-state index contributed by atoms with van der Waals surface area (Å²) in [5.41, 5.74) is 5.89. The summed E-state index contributed by atoms with van der Waals surface area (Å²) in [5, 5.41) is 0.451. The van der Waals surface area contributed by atoms with Crippen LogP contribution in [-0.4, -0.2) is 4.98 Å². The monoisotopic (exact) mass is 226 g/mol. The maximum Gasteiger partial charge on any atom is 0.180 e. The molecule has 2 N–H and O–H groups in total. The van der Waals surface area contributed by atoms with Gasteiger partial charge in [0.1, 0.15) is 11.6 Å². The number of halogens is 2. The molecule has 1 aromatic heterocycles. The maximum atomic E-state index is 13.3. The lowest BCUT2D eigenvalue weighted by Gasteiger charge is -2.00. The Labute approximate surface area is 89.4 Å². The van der Waals surface area contributed by atoms with Gasteiger partial charge in [0.25, 0.3) is 0 Å². The number of aromatic nitrogens is 1. The van der Waals surface area contributed by atoms with Gasteiger partial charge in [0.15, 0.2) is 5.13 Å². The van der Waals surface area contributed by atoms with Crippen LogP contribution in [0.2, 0.25) is 0 Å². The van der Waals surface area contributed by atoms with Crippen molar-refractivity contribution in [3.05, 3.63) is 46.5 Å². The van der Waals surface area contributed by atoms with Crippen molar-refractivity contribution in [1.82, 2.24) is 4.98 Å². The molecule has 0 atom stereocenters. The van der Waals surface area contributed by atoms with Crippen LogP contribution in [0.3, 0.4) is 0 Å². The summed E-state index contributed by atoms with van der Waals surface area (Å²) in [4.78, 5) is 4.72. The van der Waals surface area contributed by atoms with Gasteiger partial charge in [-0.2, -0.15) is 0 Å². The van der Waals surface area contributed by atoms with Crippen molar-refractivity contribution in [2.75, 3.05) is 5.73 Å². The summed E-state index contributed by atoms with van der Waals surface area (Å²) < 4.78 is 25.9. The second kappa shape index (κ2) is 3.94. The van der Waals surface area contributed by atoms with E-state index in [0.717, 1.165) is 10.9 Å². The van der Waals surface area contributed by atoms with Crippen molar-refractivity contribution in [3.63, 3.8) is 0 Å². The van der Waals surface area contributed by atoms with Crippen molar-refractivity contribution in [2.24, 2.45) is 0 Å². The van der Waals surface area contributed by atoms with Gasteiger partial charge in [-0.05, 0) is 11.6 Å². The number of nitrogens with two attached hydrogens (primary N) is 1. The van der Waals surface area contributed by atoms with Gasteiger partial charge in [0.05, 0.1) is 0 Å². The van der Waals surface area contributed by atoms with E-state index < -0.39 is 11.6 Å². The molecule has 0 aliphatic heterocycles. The fourth-order valence-corrected chi connectivity index (χ4v) is 1.96. The topological polar surface area (TPSA) is 38.9 Å². The number of thiazole rings is 1. The summed E-state index contributed by atoms with van der Waals surface area (Å²) in [5.74, 6) is -1.11. The quantitative estimate of drug-likeness (QED) is 0.854. The standard InChI is InChI=1S/C10H8F2N2S/c11-7-2-1-6(9(12)4-7)3-8-5-14-10(13)15-8/h1-2,4-5H,3H2,(H2,13,14). The summed E-state index contributed by atoms with van der Waals surface area (Å²) in [7, 11) is 0. The Kier molecular flexibility index (Phi) is 2.64. The highest BCUT2D eigenvalue weighted by molar-refractivity contribution is 7.15. The van der Waals surface area contributed by atoms with E-state index in [1.807, 2.05) is 0 Å². The van der Waals surface area contributed by atoms with Gasteiger partial charge >= 0.3 is 0 Å². The molecular weight excluding hydrogens is 218 g/mol. The fraction of sp³-hybridized carbons (Fsp3) is 0.100. The molecule has 2 aromatic rings. The molecule has 0 aliphatic carbocycles. The van der Waals surface area contributed by atoms with Crippen LogP contribution in [0.15, 0.2) is 24.4 Å². The molecule has 0 amide bonds. The van der Waals surface area contributed by atoms with Crippen LogP contribution in [0.25, 0.3) is 0 Å². The smallest absolute Gasteiger partial charge is 0.180 e. The van der Waals surface area contributed by atoms with Crippen molar-refractivity contribution in [3.8, 4) is 0 Å². The number of hydrogen-bond acceptors (Lipinski definition) is 3. The predicted molar refractivity (Wildman–Crippen MR) is 55.7 cm³/mol. The van der Waals surface area contributed by atoms with Crippen LogP contribution in [0.4, 0.5) is 13.9 Å². The lowest BCUT2D eigenvalue weighted by molar-refractivity contribution is 0.575. The second-order valence-corrected chi connectivity index (χ2v) is 4.22. The first kappa shape index (κ1) is 10.0. The minimum absolute atomic E-state index is 0.390. The van der Waals surface area contributed by atoms with E-state index in [1.54, 1.807) is 6.20 Å². The van der Waals surface area contributed by atoms with Crippen LogP contribution in [0.5, 0.6) is 0 Å². The predicted octanol–water partition coefficient (Wildman–Crippen LogP) is 2.59. The highest BCUT2D eigenvalue weighted by atomic mass is 32.1. The number of nitrogens with zero attached hydrogens (tertiary/aromatic N) is 1. The highest BCUT2D eigenvalue weighted by Crippen LogP contribution is 2.20. The van der Waals surface area contributed by atoms with Gasteiger partial charge < -0.3 is 5.73 Å². The third-order valence-electron chi connectivity index (χ3n) is 1.95. The molecule has 0 spiro atoms. The average Bonchev–Trinajstić information content (AvgIpc) is 2.56. The van der Waals surface area contributed by atoms with Gasteiger partial charge in [0.2, 0.25) is 0 Å². The minimum atomic E-state index is -0.569. The van der Waals surface area contributed by atoms with Crippen molar-refractivity contribution >= 4 is 16.5 Å². The van der Waals surface area contributed by atoms with Crippen LogP contribution in [0, 0.1) is 11.6 Å². The summed E-state index contributed by atoms with van der Waals surface area (Å²) >= 11 is 1.30.